The normalized spacial score (nSPS) is 12.2. The van der Waals surface area contributed by atoms with Crippen LogP contribution in [0.4, 0.5) is 0 Å². The maximum Gasteiger partial charge on any atom is 0.159 e. The summed E-state index contributed by atoms with van der Waals surface area (Å²) in [5.74, 6) is -0.293. The number of rotatable bonds is 0. The lowest BCUT2D eigenvalue weighted by atomic mass is 10.1. The lowest BCUT2D eigenvalue weighted by Crippen LogP contribution is -1.77. The molecule has 0 atom stereocenters. The van der Waals surface area contributed by atoms with E-state index in [1.807, 2.05) is 30.3 Å². The summed E-state index contributed by atoms with van der Waals surface area (Å²) in [5, 5.41) is 14.1. The van der Waals surface area contributed by atoms with Gasteiger partial charge in [0.2, 0.25) is 0 Å². The third kappa shape index (κ3) is 1.95. The lowest BCUT2D eigenvalue weighted by Gasteiger charge is -2.03. The van der Waals surface area contributed by atoms with E-state index in [0.717, 1.165) is 27.2 Å². The Balaban J connectivity index is 2.10. The summed E-state index contributed by atoms with van der Waals surface area (Å²) in [6.07, 6.45) is 0. The average Bonchev–Trinajstić information content (AvgIpc) is 3.15. The first kappa shape index (κ1) is 15.5. The molecule has 0 bridgehead atoms. The summed E-state index contributed by atoms with van der Waals surface area (Å²) in [6.45, 7) is 0. The van der Waals surface area contributed by atoms with Gasteiger partial charge in [0.15, 0.2) is 11.3 Å². The Bertz CT molecular complexity index is 1350. The van der Waals surface area contributed by atoms with Crippen LogP contribution in [0.1, 0.15) is 0 Å². The Labute approximate surface area is 160 Å². The molecule has 0 spiro atoms. The Morgan fingerprint density at radius 1 is 0.760 bits per heavy atom. The number of hydrogen-bond acceptors (Lipinski definition) is 2. The van der Waals surface area contributed by atoms with Crippen LogP contribution in [-0.2, 0) is 0 Å². The number of aromatic nitrogens is 1. The van der Waals surface area contributed by atoms with Gasteiger partial charge in [0.05, 0.1) is 21.3 Å². The number of hydrogen-bond donors (Lipinski definition) is 2. The van der Waals surface area contributed by atoms with E-state index in [2.05, 4.69) is 4.98 Å². The predicted octanol–water partition coefficient (Wildman–Crippen LogP) is 7.54. The molecule has 25 heavy (non-hydrogen) atoms. The van der Waals surface area contributed by atoms with Gasteiger partial charge >= 0.3 is 0 Å². The van der Waals surface area contributed by atoms with Crippen molar-refractivity contribution in [1.29, 1.82) is 0 Å². The van der Waals surface area contributed by atoms with E-state index in [1.165, 1.54) is 0 Å². The minimum absolute atomic E-state index is 0.00364. The van der Waals surface area contributed by atoms with E-state index in [4.69, 9.17) is 50.8 Å². The molecule has 0 aliphatic rings. The largest absolute Gasteiger partial charge is 0.505 e. The third-order valence-corrected chi connectivity index (χ3v) is 5.83. The summed E-state index contributed by atoms with van der Waals surface area (Å²) < 4.78 is 6.02. The van der Waals surface area contributed by atoms with Crippen molar-refractivity contribution >= 4 is 90.1 Å². The highest BCUT2D eigenvalue weighted by molar-refractivity contribution is 6.51. The van der Waals surface area contributed by atoms with E-state index in [9.17, 15) is 5.11 Å². The van der Waals surface area contributed by atoms with Gasteiger partial charge in [-0.15, -0.1) is 0 Å². The van der Waals surface area contributed by atoms with Crippen molar-refractivity contribution in [2.45, 2.75) is 0 Å². The van der Waals surface area contributed by atoms with Gasteiger partial charge in [0, 0.05) is 21.3 Å². The van der Waals surface area contributed by atoms with Gasteiger partial charge in [0.25, 0.3) is 0 Å². The van der Waals surface area contributed by atoms with Crippen molar-refractivity contribution in [2.75, 3.05) is 0 Å². The number of nitrogens with one attached hydrogen (secondary N) is 1. The fraction of sp³-hybridized carbons (Fsp3) is 0. The summed E-state index contributed by atoms with van der Waals surface area (Å²) in [4.78, 5) is 3.33. The Morgan fingerprint density at radius 3 is 2.32 bits per heavy atom. The highest BCUT2D eigenvalue weighted by Crippen LogP contribution is 2.49. The number of halogens is 4. The zero-order valence-corrected chi connectivity index (χ0v) is 15.3. The molecule has 3 aromatic carbocycles. The fourth-order valence-electron chi connectivity index (χ4n) is 3.30. The molecule has 5 aromatic rings. The van der Waals surface area contributed by atoms with E-state index < -0.39 is 0 Å². The molecule has 0 aliphatic carbocycles. The van der Waals surface area contributed by atoms with Crippen LogP contribution in [0.25, 0.3) is 43.7 Å². The summed E-state index contributed by atoms with van der Waals surface area (Å²) in [7, 11) is 0. The topological polar surface area (TPSA) is 49.2 Å². The first-order valence-corrected chi connectivity index (χ1v) is 8.80. The number of phenols is 1. The molecule has 0 unspecified atom stereocenters. The molecule has 0 fully saturated rings. The quantitative estimate of drug-likeness (QED) is 0.259. The van der Waals surface area contributed by atoms with Crippen LogP contribution in [0.15, 0.2) is 34.7 Å². The number of H-pyrrole nitrogens is 1. The average molecular weight is 411 g/mol. The minimum atomic E-state index is -0.293. The Kier molecular flexibility index (Phi) is 3.17. The zero-order valence-electron chi connectivity index (χ0n) is 12.3. The first-order chi connectivity index (χ1) is 12.0. The van der Waals surface area contributed by atoms with Gasteiger partial charge in [-0.05, 0) is 30.3 Å². The van der Waals surface area contributed by atoms with Crippen molar-refractivity contribution in [3.05, 3.63) is 50.4 Å². The summed E-state index contributed by atoms with van der Waals surface area (Å²) in [5.41, 5.74) is 2.73. The number of aromatic amines is 1. The van der Waals surface area contributed by atoms with Crippen LogP contribution in [-0.4, -0.2) is 10.1 Å². The van der Waals surface area contributed by atoms with E-state index in [0.29, 0.717) is 21.6 Å². The number of aromatic hydroxyl groups is 1. The van der Waals surface area contributed by atoms with Crippen molar-refractivity contribution in [3.8, 4) is 5.75 Å². The van der Waals surface area contributed by atoms with Crippen LogP contribution >= 0.6 is 46.4 Å². The molecular formula is C18H7Cl4NO2. The van der Waals surface area contributed by atoms with Crippen LogP contribution in [0.2, 0.25) is 20.1 Å². The molecule has 2 aromatic heterocycles. The van der Waals surface area contributed by atoms with Gasteiger partial charge in [-0.2, -0.15) is 0 Å². The first-order valence-electron chi connectivity index (χ1n) is 7.29. The van der Waals surface area contributed by atoms with Crippen LogP contribution in [0.3, 0.4) is 0 Å². The highest BCUT2D eigenvalue weighted by Gasteiger charge is 2.23. The fourth-order valence-corrected chi connectivity index (χ4v) is 4.21. The van der Waals surface area contributed by atoms with Crippen molar-refractivity contribution in [1.82, 2.24) is 4.98 Å². The van der Waals surface area contributed by atoms with E-state index in [1.54, 1.807) is 0 Å². The van der Waals surface area contributed by atoms with Crippen molar-refractivity contribution < 1.29 is 9.52 Å². The molecule has 124 valence electrons. The Morgan fingerprint density at radius 2 is 1.52 bits per heavy atom. The number of benzene rings is 3. The summed E-state index contributed by atoms with van der Waals surface area (Å²) >= 11 is 24.8. The molecule has 2 N–H and O–H groups in total. The van der Waals surface area contributed by atoms with Crippen LogP contribution in [0.5, 0.6) is 5.75 Å². The summed E-state index contributed by atoms with van der Waals surface area (Å²) in [6, 6.07) is 9.42. The minimum Gasteiger partial charge on any atom is -0.505 e. The molecule has 0 saturated carbocycles. The standard InChI is InChI=1S/C18H7Cl4NO2/c19-6-1-3-9-8(5-6)11-10(23-9)4-2-7-12-13(20)14(21)16(24)15(22)18(12)25-17(7)11/h1-5,23-24H. The maximum absolute atomic E-state index is 10.1. The molecule has 0 saturated heterocycles. The second kappa shape index (κ2) is 5.12. The van der Waals surface area contributed by atoms with E-state index in [-0.39, 0.29) is 20.8 Å². The van der Waals surface area contributed by atoms with Crippen molar-refractivity contribution in [2.24, 2.45) is 0 Å². The van der Waals surface area contributed by atoms with Gasteiger partial charge < -0.3 is 14.5 Å². The maximum atomic E-state index is 10.1. The van der Waals surface area contributed by atoms with Gasteiger partial charge in [-0.25, -0.2) is 0 Å². The predicted molar refractivity (Wildman–Crippen MR) is 105 cm³/mol. The van der Waals surface area contributed by atoms with Crippen LogP contribution < -0.4 is 0 Å². The van der Waals surface area contributed by atoms with Crippen molar-refractivity contribution in [3.63, 3.8) is 0 Å². The third-order valence-electron chi connectivity index (χ3n) is 4.41. The highest BCUT2D eigenvalue weighted by atomic mass is 35.5. The molecular weight excluding hydrogens is 404 g/mol. The zero-order chi connectivity index (χ0) is 17.5. The lowest BCUT2D eigenvalue weighted by molar-refractivity contribution is 0.475. The Hall–Kier alpha value is -1.78. The molecule has 0 radical (unpaired) electrons. The van der Waals surface area contributed by atoms with Crippen LogP contribution in [0, 0.1) is 0 Å². The molecule has 7 heteroatoms. The smallest absolute Gasteiger partial charge is 0.159 e. The van der Waals surface area contributed by atoms with Gasteiger partial charge in [-0.3, -0.25) is 0 Å². The van der Waals surface area contributed by atoms with E-state index >= 15 is 0 Å². The molecule has 5 rings (SSSR count). The number of fused-ring (bicyclic) bond motifs is 7. The monoisotopic (exact) mass is 409 g/mol. The SMILES string of the molecule is Oc1c(Cl)c(Cl)c2c(oc3c2ccc2[nH]c4ccc(Cl)cc4c23)c1Cl. The molecule has 0 amide bonds. The van der Waals surface area contributed by atoms with Gasteiger partial charge in [0.1, 0.15) is 15.6 Å². The number of furan rings is 1. The second-order valence-electron chi connectivity index (χ2n) is 5.78. The molecule has 0 aliphatic heterocycles. The van der Waals surface area contributed by atoms with Gasteiger partial charge in [-0.1, -0.05) is 46.4 Å². The molecule has 2 heterocycles. The second-order valence-corrected chi connectivity index (χ2v) is 7.35. The molecule has 3 nitrogen and oxygen atoms in total. The number of phenolic OH excluding ortho intramolecular Hbond substituents is 1.